The largest absolute Gasteiger partial charge is 0.381 e. The van der Waals surface area contributed by atoms with Gasteiger partial charge in [-0.2, -0.15) is 5.10 Å². The third kappa shape index (κ3) is 3.82. The minimum absolute atomic E-state index is 0.0125. The van der Waals surface area contributed by atoms with Crippen molar-refractivity contribution in [1.82, 2.24) is 15.1 Å². The molecule has 9 heteroatoms. The number of carbonyl (C=O) groups is 3. The van der Waals surface area contributed by atoms with Crippen LogP contribution < -0.4 is 16.0 Å². The molecule has 33 heavy (non-hydrogen) atoms. The van der Waals surface area contributed by atoms with Crippen molar-refractivity contribution >= 4 is 29.1 Å². The summed E-state index contributed by atoms with van der Waals surface area (Å²) in [5, 5.41) is 12.7. The molecule has 3 heterocycles. The van der Waals surface area contributed by atoms with Crippen LogP contribution in [0.3, 0.4) is 0 Å². The number of amides is 3. The first kappa shape index (κ1) is 21.4. The Balaban J connectivity index is 1.38. The summed E-state index contributed by atoms with van der Waals surface area (Å²) >= 11 is 0. The second kappa shape index (κ2) is 8.47. The zero-order valence-corrected chi connectivity index (χ0v) is 18.6. The van der Waals surface area contributed by atoms with Crippen LogP contribution >= 0.6 is 0 Å². The lowest BCUT2D eigenvalue weighted by molar-refractivity contribution is -0.124. The number of aromatic nitrogens is 2. The van der Waals surface area contributed by atoms with Crippen LogP contribution in [0, 0.1) is 0 Å². The zero-order chi connectivity index (χ0) is 23.0. The molecule has 1 spiro atoms. The average Bonchev–Trinajstić information content (AvgIpc) is 3.54. The SMILES string of the molecule is Cn1nccc1C(=O)NC(C(=O)Nc1ccc2c(c1)NC(=O)C21CCOCC1)=C1CCCC1. The first-order valence-electron chi connectivity index (χ1n) is 11.3. The van der Waals surface area contributed by atoms with Gasteiger partial charge in [-0.1, -0.05) is 6.07 Å². The van der Waals surface area contributed by atoms with Crippen LogP contribution in [-0.2, 0) is 26.8 Å². The van der Waals surface area contributed by atoms with Gasteiger partial charge in [0.25, 0.3) is 11.8 Å². The number of carbonyl (C=O) groups excluding carboxylic acids is 3. The van der Waals surface area contributed by atoms with Crippen LogP contribution in [0.15, 0.2) is 41.7 Å². The molecule has 1 aromatic heterocycles. The van der Waals surface area contributed by atoms with E-state index in [-0.39, 0.29) is 17.7 Å². The van der Waals surface area contributed by atoms with Gasteiger partial charge in [0, 0.05) is 37.8 Å². The van der Waals surface area contributed by atoms with Gasteiger partial charge < -0.3 is 20.7 Å². The maximum absolute atomic E-state index is 13.2. The maximum atomic E-state index is 13.2. The lowest BCUT2D eigenvalue weighted by Crippen LogP contribution is -2.39. The Hall–Kier alpha value is -3.46. The number of rotatable bonds is 4. The fourth-order valence-corrected chi connectivity index (χ4v) is 5.05. The van der Waals surface area contributed by atoms with E-state index in [1.807, 2.05) is 12.1 Å². The molecule has 1 saturated heterocycles. The molecular formula is C24H27N5O4. The highest BCUT2D eigenvalue weighted by Crippen LogP contribution is 2.45. The van der Waals surface area contributed by atoms with Crippen molar-refractivity contribution in [3.8, 4) is 0 Å². The molecule has 0 bridgehead atoms. The molecule has 9 nitrogen and oxygen atoms in total. The van der Waals surface area contributed by atoms with Crippen molar-refractivity contribution < 1.29 is 19.1 Å². The Kier molecular flexibility index (Phi) is 5.49. The predicted octanol–water partition coefficient (Wildman–Crippen LogP) is 2.62. The maximum Gasteiger partial charge on any atom is 0.274 e. The van der Waals surface area contributed by atoms with Crippen LogP contribution in [0.1, 0.15) is 54.6 Å². The molecule has 1 aliphatic carbocycles. The molecule has 1 aromatic carbocycles. The molecule has 3 amide bonds. The summed E-state index contributed by atoms with van der Waals surface area (Å²) in [6.45, 7) is 1.11. The van der Waals surface area contributed by atoms with Crippen molar-refractivity contribution in [3.05, 3.63) is 53.0 Å². The number of anilines is 2. The van der Waals surface area contributed by atoms with Crippen molar-refractivity contribution in [2.75, 3.05) is 23.8 Å². The van der Waals surface area contributed by atoms with Crippen LogP contribution in [-0.4, -0.2) is 40.7 Å². The highest BCUT2D eigenvalue weighted by atomic mass is 16.5. The zero-order valence-electron chi connectivity index (χ0n) is 18.6. The fraction of sp³-hybridized carbons (Fsp3) is 0.417. The minimum atomic E-state index is -0.551. The summed E-state index contributed by atoms with van der Waals surface area (Å²) in [5.74, 6) is -0.754. The van der Waals surface area contributed by atoms with Gasteiger partial charge in [-0.3, -0.25) is 19.1 Å². The fourth-order valence-electron chi connectivity index (χ4n) is 5.05. The molecular weight excluding hydrogens is 422 g/mol. The van der Waals surface area contributed by atoms with Crippen LogP contribution in [0.4, 0.5) is 11.4 Å². The summed E-state index contributed by atoms with van der Waals surface area (Å²) in [6.07, 6.45) is 6.37. The first-order valence-corrected chi connectivity index (χ1v) is 11.3. The van der Waals surface area contributed by atoms with Crippen molar-refractivity contribution in [2.24, 2.45) is 7.05 Å². The Morgan fingerprint density at radius 2 is 1.91 bits per heavy atom. The van der Waals surface area contributed by atoms with Gasteiger partial charge in [-0.15, -0.1) is 0 Å². The van der Waals surface area contributed by atoms with Crippen LogP contribution in [0.25, 0.3) is 0 Å². The van der Waals surface area contributed by atoms with E-state index >= 15 is 0 Å². The third-order valence-corrected chi connectivity index (χ3v) is 6.90. The Morgan fingerprint density at radius 3 is 2.61 bits per heavy atom. The lowest BCUT2D eigenvalue weighted by Gasteiger charge is -2.31. The number of nitrogens with one attached hydrogen (secondary N) is 3. The molecule has 2 aromatic rings. The Labute approximate surface area is 191 Å². The van der Waals surface area contributed by atoms with E-state index in [1.165, 1.54) is 4.68 Å². The monoisotopic (exact) mass is 449 g/mol. The van der Waals surface area contributed by atoms with Crippen molar-refractivity contribution in [3.63, 3.8) is 0 Å². The normalized spacial score (nSPS) is 18.7. The highest BCUT2D eigenvalue weighted by molar-refractivity contribution is 6.10. The number of aryl methyl sites for hydroxylation is 1. The standard InChI is InChI=1S/C24H27N5O4/c1-29-19(8-11-25-29)21(30)28-20(15-4-2-3-5-15)22(31)26-16-6-7-17-18(14-16)27-23(32)24(17)9-12-33-13-10-24/h6-8,11,14H,2-5,9-10,12-13H2,1H3,(H,26,31)(H,27,32)(H,28,30). The smallest absolute Gasteiger partial charge is 0.274 e. The molecule has 0 radical (unpaired) electrons. The van der Waals surface area contributed by atoms with Gasteiger partial charge in [-0.25, -0.2) is 0 Å². The molecule has 172 valence electrons. The second-order valence-corrected chi connectivity index (χ2v) is 8.84. The minimum Gasteiger partial charge on any atom is -0.381 e. The number of benzene rings is 1. The molecule has 1 saturated carbocycles. The van der Waals surface area contributed by atoms with Crippen molar-refractivity contribution in [2.45, 2.75) is 43.9 Å². The Bertz CT molecular complexity index is 1150. The van der Waals surface area contributed by atoms with E-state index in [4.69, 9.17) is 4.74 Å². The average molecular weight is 450 g/mol. The highest BCUT2D eigenvalue weighted by Gasteiger charge is 2.47. The number of allylic oxidation sites excluding steroid dienone is 1. The van der Waals surface area contributed by atoms with E-state index < -0.39 is 5.41 Å². The number of hydrogen-bond donors (Lipinski definition) is 3. The van der Waals surface area contributed by atoms with Gasteiger partial charge in [0.2, 0.25) is 5.91 Å². The molecule has 0 atom stereocenters. The summed E-state index contributed by atoms with van der Waals surface area (Å²) in [6, 6.07) is 7.12. The number of fused-ring (bicyclic) bond motifs is 2. The molecule has 0 unspecified atom stereocenters. The Morgan fingerprint density at radius 1 is 1.15 bits per heavy atom. The molecule has 2 aliphatic heterocycles. The second-order valence-electron chi connectivity index (χ2n) is 8.84. The summed E-state index contributed by atoms with van der Waals surface area (Å²) < 4.78 is 6.93. The summed E-state index contributed by atoms with van der Waals surface area (Å²) in [4.78, 5) is 38.8. The van der Waals surface area contributed by atoms with E-state index in [1.54, 1.807) is 25.4 Å². The van der Waals surface area contributed by atoms with Gasteiger partial charge in [0.05, 0.1) is 5.41 Å². The third-order valence-electron chi connectivity index (χ3n) is 6.90. The number of hydrogen-bond acceptors (Lipinski definition) is 5. The number of ether oxygens (including phenoxy) is 1. The van der Waals surface area contributed by atoms with E-state index in [9.17, 15) is 14.4 Å². The molecule has 5 rings (SSSR count). The van der Waals surface area contributed by atoms with E-state index in [0.29, 0.717) is 48.8 Å². The predicted molar refractivity (Wildman–Crippen MR) is 122 cm³/mol. The summed E-state index contributed by atoms with van der Waals surface area (Å²) in [7, 11) is 1.68. The van der Waals surface area contributed by atoms with Gasteiger partial charge in [0.15, 0.2) is 0 Å². The molecule has 2 fully saturated rings. The lowest BCUT2D eigenvalue weighted by atomic mass is 9.75. The van der Waals surface area contributed by atoms with Crippen molar-refractivity contribution in [1.29, 1.82) is 0 Å². The first-order chi connectivity index (χ1) is 16.0. The molecule has 3 N–H and O–H groups in total. The van der Waals surface area contributed by atoms with Crippen LogP contribution in [0.5, 0.6) is 0 Å². The van der Waals surface area contributed by atoms with E-state index in [0.717, 1.165) is 36.8 Å². The van der Waals surface area contributed by atoms with Gasteiger partial charge in [0.1, 0.15) is 11.4 Å². The number of nitrogens with zero attached hydrogens (tertiary/aromatic N) is 2. The van der Waals surface area contributed by atoms with Gasteiger partial charge in [-0.05, 0) is 67.9 Å². The quantitative estimate of drug-likeness (QED) is 0.621. The topological polar surface area (TPSA) is 114 Å². The summed E-state index contributed by atoms with van der Waals surface area (Å²) in [5.41, 5.74) is 3.29. The van der Waals surface area contributed by atoms with E-state index in [2.05, 4.69) is 21.0 Å². The van der Waals surface area contributed by atoms with Gasteiger partial charge >= 0.3 is 0 Å². The molecule has 3 aliphatic rings. The van der Waals surface area contributed by atoms with Crippen LogP contribution in [0.2, 0.25) is 0 Å².